The van der Waals surface area contributed by atoms with Gasteiger partial charge in [0.05, 0.1) is 12.6 Å². The maximum absolute atomic E-state index is 5.60. The van der Waals surface area contributed by atoms with E-state index in [1.807, 2.05) is 19.9 Å². The molecule has 5 nitrogen and oxygen atoms in total. The van der Waals surface area contributed by atoms with Crippen LogP contribution in [-0.4, -0.2) is 17.3 Å². The number of nitrogen functional groups attached to an aromatic ring is 1. The van der Waals surface area contributed by atoms with Gasteiger partial charge in [0.25, 0.3) is 0 Å². The molecule has 0 saturated carbocycles. The van der Waals surface area contributed by atoms with Gasteiger partial charge in [0, 0.05) is 22.7 Å². The fraction of sp³-hybridized carbons (Fsp3) is 0.214. The number of fused-ring (bicyclic) bond motifs is 1. The topological polar surface area (TPSA) is 77.1 Å². The predicted octanol–water partition coefficient (Wildman–Crippen LogP) is 3.03. The molecule has 0 aliphatic carbocycles. The summed E-state index contributed by atoms with van der Waals surface area (Å²) in [5, 5.41) is 5.05. The Hall–Kier alpha value is -2.43. The normalized spacial score (nSPS) is 11.1. The lowest BCUT2D eigenvalue weighted by Gasteiger charge is -2.03. The van der Waals surface area contributed by atoms with Crippen molar-refractivity contribution in [2.24, 2.45) is 0 Å². The summed E-state index contributed by atoms with van der Waals surface area (Å²) < 4.78 is 10.4. The number of methoxy groups -OCH3 is 1. The van der Waals surface area contributed by atoms with Gasteiger partial charge in [0.2, 0.25) is 5.88 Å². The van der Waals surface area contributed by atoms with Gasteiger partial charge in [-0.05, 0) is 31.5 Å². The summed E-state index contributed by atoms with van der Waals surface area (Å²) >= 11 is 0. The number of ether oxygens (including phenoxy) is 1. The molecule has 0 spiro atoms. The van der Waals surface area contributed by atoms with Gasteiger partial charge in [0.15, 0.2) is 0 Å². The first-order valence-corrected chi connectivity index (χ1v) is 5.99. The van der Waals surface area contributed by atoms with Crippen LogP contribution in [0.25, 0.3) is 22.2 Å². The molecule has 5 heteroatoms. The lowest BCUT2D eigenvalue weighted by Crippen LogP contribution is -1.86. The second kappa shape index (κ2) is 4.05. The molecule has 0 aliphatic heterocycles. The highest BCUT2D eigenvalue weighted by atomic mass is 16.5. The Morgan fingerprint density at radius 3 is 2.68 bits per heavy atom. The van der Waals surface area contributed by atoms with Crippen molar-refractivity contribution in [1.82, 2.24) is 10.1 Å². The number of nitrogens with two attached hydrogens (primary N) is 1. The average molecular weight is 257 g/mol. The molecule has 0 aliphatic rings. The van der Waals surface area contributed by atoms with Crippen molar-refractivity contribution < 1.29 is 9.26 Å². The molecule has 0 radical (unpaired) electrons. The number of anilines is 1. The third kappa shape index (κ3) is 1.74. The average Bonchev–Trinajstić information content (AvgIpc) is 2.91. The first-order valence-electron chi connectivity index (χ1n) is 5.99. The molecule has 3 aromatic rings. The number of rotatable bonds is 2. The molecule has 3 N–H and O–H groups in total. The Balaban J connectivity index is 2.36. The number of nitrogens with zero attached hydrogens (tertiary/aromatic N) is 1. The quantitative estimate of drug-likeness (QED) is 0.739. The van der Waals surface area contributed by atoms with Crippen molar-refractivity contribution >= 4 is 16.8 Å². The zero-order valence-electron chi connectivity index (χ0n) is 11.1. The predicted molar refractivity (Wildman–Crippen MR) is 74.2 cm³/mol. The van der Waals surface area contributed by atoms with E-state index in [0.717, 1.165) is 39.2 Å². The van der Waals surface area contributed by atoms with Crippen LogP contribution in [0.1, 0.15) is 11.3 Å². The van der Waals surface area contributed by atoms with E-state index in [2.05, 4.69) is 16.2 Å². The van der Waals surface area contributed by atoms with Gasteiger partial charge in [-0.25, -0.2) is 0 Å². The highest BCUT2D eigenvalue weighted by molar-refractivity contribution is 6.00. The number of hydrogen-bond acceptors (Lipinski definition) is 4. The van der Waals surface area contributed by atoms with E-state index >= 15 is 0 Å². The first-order chi connectivity index (χ1) is 9.10. The van der Waals surface area contributed by atoms with Crippen molar-refractivity contribution in [3.05, 3.63) is 29.5 Å². The molecule has 0 bridgehead atoms. The molecule has 98 valence electrons. The molecule has 3 rings (SSSR count). The number of aryl methyl sites for hydroxylation is 2. The number of hydrogen-bond donors (Lipinski definition) is 2. The second-order valence-electron chi connectivity index (χ2n) is 4.63. The Labute approximate surface area is 110 Å². The largest absolute Gasteiger partial charge is 0.495 e. The van der Waals surface area contributed by atoms with Gasteiger partial charge in [-0.3, -0.25) is 0 Å². The molecule has 0 saturated heterocycles. The highest BCUT2D eigenvalue weighted by Crippen LogP contribution is 2.37. The van der Waals surface area contributed by atoms with Gasteiger partial charge in [0.1, 0.15) is 11.4 Å². The molecular weight excluding hydrogens is 242 g/mol. The van der Waals surface area contributed by atoms with Gasteiger partial charge in [-0.1, -0.05) is 5.16 Å². The zero-order chi connectivity index (χ0) is 13.6. The standard InChI is InChI=1S/C14H15N3O2/c1-7-4-9-13(10-6-12(15)19-17-10)8(2)16-14(9)11(5-7)18-3/h4-6,16H,15H2,1-3H3. The van der Waals surface area contributed by atoms with Crippen molar-refractivity contribution in [1.29, 1.82) is 0 Å². The number of aromatic nitrogens is 2. The molecule has 0 unspecified atom stereocenters. The Bertz CT molecular complexity index is 755. The number of nitrogens with one attached hydrogen (secondary N) is 1. The zero-order valence-corrected chi connectivity index (χ0v) is 11.1. The van der Waals surface area contributed by atoms with Crippen molar-refractivity contribution in [2.75, 3.05) is 12.8 Å². The fourth-order valence-electron chi connectivity index (χ4n) is 2.43. The summed E-state index contributed by atoms with van der Waals surface area (Å²) in [7, 11) is 1.66. The monoisotopic (exact) mass is 257 g/mol. The summed E-state index contributed by atoms with van der Waals surface area (Å²) in [5.74, 6) is 1.13. The third-order valence-electron chi connectivity index (χ3n) is 3.21. The van der Waals surface area contributed by atoms with E-state index in [-0.39, 0.29) is 0 Å². The van der Waals surface area contributed by atoms with Crippen LogP contribution < -0.4 is 10.5 Å². The van der Waals surface area contributed by atoms with Crippen LogP contribution >= 0.6 is 0 Å². The fourth-order valence-corrected chi connectivity index (χ4v) is 2.43. The van der Waals surface area contributed by atoms with Gasteiger partial charge in [-0.15, -0.1) is 0 Å². The van der Waals surface area contributed by atoms with Crippen LogP contribution in [0.4, 0.5) is 5.88 Å². The Kier molecular flexibility index (Phi) is 2.48. The summed E-state index contributed by atoms with van der Waals surface area (Å²) in [6, 6.07) is 5.82. The van der Waals surface area contributed by atoms with E-state index in [0.29, 0.717) is 5.88 Å². The molecular formula is C14H15N3O2. The highest BCUT2D eigenvalue weighted by Gasteiger charge is 2.17. The molecule has 19 heavy (non-hydrogen) atoms. The van der Waals surface area contributed by atoms with Crippen LogP contribution in [0.5, 0.6) is 5.75 Å². The number of H-pyrrole nitrogens is 1. The van der Waals surface area contributed by atoms with Crippen LogP contribution in [-0.2, 0) is 0 Å². The summed E-state index contributed by atoms with van der Waals surface area (Å²) in [6.45, 7) is 4.03. The molecule has 0 atom stereocenters. The molecule has 0 fully saturated rings. The minimum atomic E-state index is 0.309. The Morgan fingerprint density at radius 2 is 2.05 bits per heavy atom. The van der Waals surface area contributed by atoms with Gasteiger partial charge < -0.3 is 20.0 Å². The second-order valence-corrected chi connectivity index (χ2v) is 4.63. The van der Waals surface area contributed by atoms with E-state index in [4.69, 9.17) is 15.0 Å². The number of benzene rings is 1. The van der Waals surface area contributed by atoms with Crippen LogP contribution in [0.3, 0.4) is 0 Å². The molecule has 0 amide bonds. The minimum Gasteiger partial charge on any atom is -0.495 e. The minimum absolute atomic E-state index is 0.309. The molecule has 2 heterocycles. The molecule has 2 aromatic heterocycles. The van der Waals surface area contributed by atoms with Crippen molar-refractivity contribution in [2.45, 2.75) is 13.8 Å². The van der Waals surface area contributed by atoms with Gasteiger partial charge >= 0.3 is 0 Å². The van der Waals surface area contributed by atoms with Gasteiger partial charge in [-0.2, -0.15) is 0 Å². The van der Waals surface area contributed by atoms with E-state index in [1.54, 1.807) is 13.2 Å². The molecule has 1 aromatic carbocycles. The third-order valence-corrected chi connectivity index (χ3v) is 3.21. The summed E-state index contributed by atoms with van der Waals surface area (Å²) in [5.41, 5.74) is 10.4. The SMILES string of the molecule is COc1cc(C)cc2c(-c3cc(N)on3)c(C)[nH]c12. The van der Waals surface area contributed by atoms with E-state index < -0.39 is 0 Å². The first kappa shape index (κ1) is 11.6. The van der Waals surface area contributed by atoms with Crippen LogP contribution in [0.15, 0.2) is 22.7 Å². The number of aromatic amines is 1. The van der Waals surface area contributed by atoms with Crippen molar-refractivity contribution in [3.8, 4) is 17.0 Å². The summed E-state index contributed by atoms with van der Waals surface area (Å²) in [4.78, 5) is 3.33. The Morgan fingerprint density at radius 1 is 1.26 bits per heavy atom. The maximum atomic E-state index is 5.60. The van der Waals surface area contributed by atoms with Crippen LogP contribution in [0, 0.1) is 13.8 Å². The van der Waals surface area contributed by atoms with E-state index in [1.165, 1.54) is 0 Å². The van der Waals surface area contributed by atoms with Crippen molar-refractivity contribution in [3.63, 3.8) is 0 Å². The maximum Gasteiger partial charge on any atom is 0.222 e. The smallest absolute Gasteiger partial charge is 0.222 e. The lowest BCUT2D eigenvalue weighted by molar-refractivity contribution is 0.418. The summed E-state index contributed by atoms with van der Waals surface area (Å²) in [6.07, 6.45) is 0. The van der Waals surface area contributed by atoms with E-state index in [9.17, 15) is 0 Å². The van der Waals surface area contributed by atoms with Crippen LogP contribution in [0.2, 0.25) is 0 Å². The lowest BCUT2D eigenvalue weighted by atomic mass is 10.1.